The Labute approximate surface area is 110 Å². The molecule has 0 saturated carbocycles. The van der Waals surface area contributed by atoms with Gasteiger partial charge in [-0.05, 0) is 13.0 Å². The summed E-state index contributed by atoms with van der Waals surface area (Å²) in [5, 5.41) is 11.1. The Kier molecular flexibility index (Phi) is 5.29. The average Bonchev–Trinajstić information content (AvgIpc) is 2.44. The maximum Gasteiger partial charge on any atom is 0.343 e. The van der Waals surface area contributed by atoms with Crippen molar-refractivity contribution >= 4 is 11.9 Å². The quantitative estimate of drug-likeness (QED) is 0.765. The van der Waals surface area contributed by atoms with Crippen LogP contribution in [0.5, 0.6) is 5.88 Å². The Morgan fingerprint density at radius 2 is 2.32 bits per heavy atom. The van der Waals surface area contributed by atoms with Crippen LogP contribution in [0.1, 0.15) is 17.3 Å². The normalized spacial score (nSPS) is 11.0. The number of carbonyl (C=O) groups is 2. The summed E-state index contributed by atoms with van der Waals surface area (Å²) in [6.07, 6.45) is 1.39. The predicted molar refractivity (Wildman–Crippen MR) is 64.3 cm³/mol. The number of esters is 1. The third-order valence-corrected chi connectivity index (χ3v) is 2.13. The van der Waals surface area contributed by atoms with Crippen LogP contribution >= 0.6 is 0 Å². The number of hydrogen-bond donors (Lipinski definition) is 1. The van der Waals surface area contributed by atoms with Gasteiger partial charge >= 0.3 is 5.97 Å². The van der Waals surface area contributed by atoms with Crippen LogP contribution in [-0.4, -0.2) is 36.6 Å². The summed E-state index contributed by atoms with van der Waals surface area (Å²) >= 11 is 0. The number of rotatable bonds is 5. The molecule has 0 radical (unpaired) electrons. The van der Waals surface area contributed by atoms with Crippen molar-refractivity contribution in [2.24, 2.45) is 0 Å². The first kappa shape index (κ1) is 14.4. The number of aromatic nitrogens is 1. The maximum absolute atomic E-state index is 11.8. The lowest BCUT2D eigenvalue weighted by atomic mass is 10.2. The lowest BCUT2D eigenvalue weighted by Crippen LogP contribution is -2.40. The van der Waals surface area contributed by atoms with E-state index in [0.29, 0.717) is 0 Å². The monoisotopic (exact) mass is 263 g/mol. The number of nitrogens with one attached hydrogen (secondary N) is 1. The second kappa shape index (κ2) is 6.96. The van der Waals surface area contributed by atoms with Crippen LogP contribution < -0.4 is 10.1 Å². The molecule has 0 fully saturated rings. The zero-order valence-electron chi connectivity index (χ0n) is 10.5. The minimum Gasteiger partial charge on any atom is -0.481 e. The second-order valence-electron chi connectivity index (χ2n) is 3.37. The SMILES string of the molecule is CCOC(=O)C(C#N)NC(=O)c1ccnc(OC)c1. The number of nitrogens with zero attached hydrogens (tertiary/aromatic N) is 2. The number of ether oxygens (including phenoxy) is 2. The van der Waals surface area contributed by atoms with Gasteiger partial charge in [-0.3, -0.25) is 4.79 Å². The number of methoxy groups -OCH3 is 1. The molecule has 0 aliphatic carbocycles. The van der Waals surface area contributed by atoms with Gasteiger partial charge in [-0.2, -0.15) is 5.26 Å². The van der Waals surface area contributed by atoms with Crippen molar-refractivity contribution in [2.45, 2.75) is 13.0 Å². The van der Waals surface area contributed by atoms with Crippen molar-refractivity contribution < 1.29 is 19.1 Å². The Morgan fingerprint density at radius 1 is 1.58 bits per heavy atom. The van der Waals surface area contributed by atoms with Gasteiger partial charge in [-0.25, -0.2) is 9.78 Å². The van der Waals surface area contributed by atoms with E-state index in [9.17, 15) is 9.59 Å². The van der Waals surface area contributed by atoms with Gasteiger partial charge in [0, 0.05) is 17.8 Å². The van der Waals surface area contributed by atoms with E-state index in [1.54, 1.807) is 13.0 Å². The molecule has 100 valence electrons. The molecular formula is C12H13N3O4. The molecule has 1 rings (SSSR count). The zero-order chi connectivity index (χ0) is 14.3. The highest BCUT2D eigenvalue weighted by Gasteiger charge is 2.22. The lowest BCUT2D eigenvalue weighted by Gasteiger charge is -2.10. The number of amides is 1. The van der Waals surface area contributed by atoms with Crippen molar-refractivity contribution in [3.8, 4) is 11.9 Å². The lowest BCUT2D eigenvalue weighted by molar-refractivity contribution is -0.143. The Hall–Kier alpha value is -2.62. The molecule has 7 nitrogen and oxygen atoms in total. The van der Waals surface area contributed by atoms with Gasteiger partial charge in [0.2, 0.25) is 11.9 Å². The molecule has 0 spiro atoms. The van der Waals surface area contributed by atoms with E-state index in [2.05, 4.69) is 15.0 Å². The third-order valence-electron chi connectivity index (χ3n) is 2.13. The van der Waals surface area contributed by atoms with Crippen molar-refractivity contribution in [1.29, 1.82) is 5.26 Å². The van der Waals surface area contributed by atoms with E-state index in [1.165, 1.54) is 25.4 Å². The molecule has 7 heteroatoms. The van der Waals surface area contributed by atoms with Crippen molar-refractivity contribution in [2.75, 3.05) is 13.7 Å². The number of pyridine rings is 1. The standard InChI is InChI=1S/C12H13N3O4/c1-3-19-12(17)9(7-13)15-11(16)8-4-5-14-10(6-8)18-2/h4-6,9H,3H2,1-2H3,(H,15,16). The van der Waals surface area contributed by atoms with Gasteiger partial charge in [0.15, 0.2) is 0 Å². The van der Waals surface area contributed by atoms with Gasteiger partial charge in [0.1, 0.15) is 0 Å². The Morgan fingerprint density at radius 3 is 2.89 bits per heavy atom. The second-order valence-corrected chi connectivity index (χ2v) is 3.37. The fourth-order valence-corrected chi connectivity index (χ4v) is 1.25. The van der Waals surface area contributed by atoms with Crippen molar-refractivity contribution in [1.82, 2.24) is 10.3 Å². The smallest absolute Gasteiger partial charge is 0.343 e. The molecule has 0 aromatic carbocycles. The maximum atomic E-state index is 11.8. The molecule has 19 heavy (non-hydrogen) atoms. The van der Waals surface area contributed by atoms with E-state index in [4.69, 9.17) is 10.00 Å². The minimum absolute atomic E-state index is 0.135. The molecule has 0 aliphatic heterocycles. The average molecular weight is 263 g/mol. The number of carbonyl (C=O) groups excluding carboxylic acids is 2. The molecule has 1 atom stereocenters. The summed E-state index contributed by atoms with van der Waals surface area (Å²) in [6, 6.07) is 3.16. The molecule has 1 aromatic heterocycles. The highest BCUT2D eigenvalue weighted by Crippen LogP contribution is 2.08. The molecule has 0 bridgehead atoms. The van der Waals surface area contributed by atoms with Crippen LogP contribution in [0.15, 0.2) is 18.3 Å². The number of hydrogen-bond acceptors (Lipinski definition) is 6. The van der Waals surface area contributed by atoms with E-state index in [1.807, 2.05) is 0 Å². The fraction of sp³-hybridized carbons (Fsp3) is 0.333. The van der Waals surface area contributed by atoms with E-state index < -0.39 is 17.9 Å². The molecule has 0 aliphatic rings. The van der Waals surface area contributed by atoms with E-state index in [-0.39, 0.29) is 18.1 Å². The Balaban J connectivity index is 2.77. The first-order chi connectivity index (χ1) is 9.12. The van der Waals surface area contributed by atoms with Crippen molar-refractivity contribution in [3.05, 3.63) is 23.9 Å². The summed E-state index contributed by atoms with van der Waals surface area (Å²) in [6.45, 7) is 1.75. The molecule has 1 heterocycles. The summed E-state index contributed by atoms with van der Waals surface area (Å²) < 4.78 is 9.54. The highest BCUT2D eigenvalue weighted by atomic mass is 16.5. The first-order valence-corrected chi connectivity index (χ1v) is 5.49. The molecule has 1 amide bonds. The van der Waals surface area contributed by atoms with Gasteiger partial charge in [-0.15, -0.1) is 0 Å². The predicted octanol–water partition coefficient (Wildman–Crippen LogP) is 0.275. The van der Waals surface area contributed by atoms with Crippen LogP contribution in [0, 0.1) is 11.3 Å². The van der Waals surface area contributed by atoms with Crippen LogP contribution in [0.25, 0.3) is 0 Å². The van der Waals surface area contributed by atoms with Gasteiger partial charge in [0.25, 0.3) is 5.91 Å². The minimum atomic E-state index is -1.34. The van der Waals surface area contributed by atoms with E-state index in [0.717, 1.165) is 0 Å². The third kappa shape index (κ3) is 3.96. The van der Waals surface area contributed by atoms with Gasteiger partial charge < -0.3 is 14.8 Å². The Bertz CT molecular complexity index is 510. The molecule has 1 N–H and O–H groups in total. The van der Waals surface area contributed by atoms with Gasteiger partial charge in [0.05, 0.1) is 19.8 Å². The summed E-state index contributed by atoms with van der Waals surface area (Å²) in [4.78, 5) is 27.1. The zero-order valence-corrected chi connectivity index (χ0v) is 10.5. The molecule has 1 aromatic rings. The first-order valence-electron chi connectivity index (χ1n) is 5.49. The van der Waals surface area contributed by atoms with Crippen molar-refractivity contribution in [3.63, 3.8) is 0 Å². The van der Waals surface area contributed by atoms with Crippen LogP contribution in [0.2, 0.25) is 0 Å². The van der Waals surface area contributed by atoms with Gasteiger partial charge in [-0.1, -0.05) is 0 Å². The largest absolute Gasteiger partial charge is 0.481 e. The summed E-state index contributed by atoms with van der Waals surface area (Å²) in [7, 11) is 1.42. The van der Waals surface area contributed by atoms with Crippen LogP contribution in [-0.2, 0) is 9.53 Å². The topological polar surface area (TPSA) is 101 Å². The van der Waals surface area contributed by atoms with Crippen LogP contribution in [0.3, 0.4) is 0 Å². The molecule has 1 unspecified atom stereocenters. The fourth-order valence-electron chi connectivity index (χ4n) is 1.25. The van der Waals surface area contributed by atoms with Crippen LogP contribution in [0.4, 0.5) is 0 Å². The molecular weight excluding hydrogens is 250 g/mol. The molecule has 0 saturated heterocycles. The number of nitriles is 1. The highest BCUT2D eigenvalue weighted by molar-refractivity contribution is 5.97. The summed E-state index contributed by atoms with van der Waals surface area (Å²) in [5.41, 5.74) is 0.233. The summed E-state index contributed by atoms with van der Waals surface area (Å²) in [5.74, 6) is -1.11. The van der Waals surface area contributed by atoms with E-state index >= 15 is 0 Å².